The summed E-state index contributed by atoms with van der Waals surface area (Å²) in [6, 6.07) is 3.33. The van der Waals surface area contributed by atoms with E-state index in [1.165, 1.54) is 0 Å². The highest BCUT2D eigenvalue weighted by atomic mass is 79.9. The molecule has 1 rings (SSSR count). The van der Waals surface area contributed by atoms with Crippen molar-refractivity contribution in [2.45, 2.75) is 0 Å². The quantitative estimate of drug-likeness (QED) is 0.623. The molecule has 1 aromatic carbocycles. The summed E-state index contributed by atoms with van der Waals surface area (Å²) in [5.74, 6) is 0.933. The molecule has 0 bridgehead atoms. The van der Waals surface area contributed by atoms with Crippen LogP contribution in [0, 0.1) is 0 Å². The average molecular weight is 398 g/mol. The maximum Gasteiger partial charge on any atom is 0.251 e. The molecule has 8 heteroatoms. The van der Waals surface area contributed by atoms with Gasteiger partial charge >= 0.3 is 0 Å². The van der Waals surface area contributed by atoms with Crippen molar-refractivity contribution >= 4 is 34.2 Å². The molecular formula is C14H22BrClN2O4. The van der Waals surface area contributed by atoms with Gasteiger partial charge in [-0.1, -0.05) is 0 Å². The Morgan fingerprint density at radius 3 is 2.18 bits per heavy atom. The summed E-state index contributed by atoms with van der Waals surface area (Å²) >= 11 is 3.37. The Morgan fingerprint density at radius 1 is 1.09 bits per heavy atom. The van der Waals surface area contributed by atoms with Crippen LogP contribution in [0.15, 0.2) is 16.6 Å². The van der Waals surface area contributed by atoms with Crippen molar-refractivity contribution in [3.63, 3.8) is 0 Å². The SMILES string of the molecule is COCCNCCNC(=O)c1cc(OC)c(Br)c(OC)c1.Cl. The molecule has 2 N–H and O–H groups in total. The first-order valence-corrected chi connectivity index (χ1v) is 7.32. The smallest absolute Gasteiger partial charge is 0.251 e. The topological polar surface area (TPSA) is 68.8 Å². The van der Waals surface area contributed by atoms with E-state index < -0.39 is 0 Å². The Bertz CT molecular complexity index is 449. The molecule has 0 aromatic heterocycles. The zero-order valence-electron chi connectivity index (χ0n) is 12.9. The lowest BCUT2D eigenvalue weighted by atomic mass is 10.2. The van der Waals surface area contributed by atoms with Crippen molar-refractivity contribution in [2.75, 3.05) is 47.6 Å². The lowest BCUT2D eigenvalue weighted by molar-refractivity contribution is 0.0953. The maximum absolute atomic E-state index is 12.1. The molecule has 0 aliphatic rings. The molecular weight excluding hydrogens is 376 g/mol. The zero-order valence-corrected chi connectivity index (χ0v) is 15.3. The Kier molecular flexibility index (Phi) is 11.0. The highest BCUT2D eigenvalue weighted by molar-refractivity contribution is 9.10. The third-order valence-electron chi connectivity index (χ3n) is 2.78. The molecule has 0 fully saturated rings. The summed E-state index contributed by atoms with van der Waals surface area (Å²) < 4.78 is 16.0. The number of hydrogen-bond donors (Lipinski definition) is 2. The molecule has 0 aliphatic carbocycles. The van der Waals surface area contributed by atoms with Gasteiger partial charge in [0.05, 0.1) is 20.8 Å². The van der Waals surface area contributed by atoms with Crippen molar-refractivity contribution < 1.29 is 19.0 Å². The van der Waals surface area contributed by atoms with Gasteiger partial charge in [0.2, 0.25) is 0 Å². The Labute approximate surface area is 145 Å². The second-order valence-corrected chi connectivity index (χ2v) is 4.99. The van der Waals surface area contributed by atoms with Gasteiger partial charge in [-0.05, 0) is 28.1 Å². The molecule has 0 unspecified atom stereocenters. The first kappa shape index (κ1) is 21.0. The molecule has 0 heterocycles. The normalized spacial score (nSPS) is 9.82. The monoisotopic (exact) mass is 396 g/mol. The minimum Gasteiger partial charge on any atom is -0.495 e. The summed E-state index contributed by atoms with van der Waals surface area (Å²) in [5.41, 5.74) is 0.490. The van der Waals surface area contributed by atoms with Gasteiger partial charge in [0.25, 0.3) is 5.91 Å². The minimum absolute atomic E-state index is 0. The molecule has 0 saturated heterocycles. The van der Waals surface area contributed by atoms with E-state index in [0.29, 0.717) is 41.2 Å². The van der Waals surface area contributed by atoms with Crippen molar-refractivity contribution in [3.8, 4) is 11.5 Å². The van der Waals surface area contributed by atoms with E-state index in [-0.39, 0.29) is 18.3 Å². The second-order valence-electron chi connectivity index (χ2n) is 4.19. The Balaban J connectivity index is 0.00000441. The van der Waals surface area contributed by atoms with Crippen molar-refractivity contribution in [1.29, 1.82) is 0 Å². The number of carbonyl (C=O) groups excluding carboxylic acids is 1. The summed E-state index contributed by atoms with van der Waals surface area (Å²) in [6.45, 7) is 2.62. The van der Waals surface area contributed by atoms with Gasteiger partial charge in [-0.3, -0.25) is 4.79 Å². The van der Waals surface area contributed by atoms with Crippen LogP contribution in [-0.2, 0) is 4.74 Å². The summed E-state index contributed by atoms with van der Waals surface area (Å²) in [7, 11) is 4.74. The number of amides is 1. The number of benzene rings is 1. The number of nitrogens with one attached hydrogen (secondary N) is 2. The van der Waals surface area contributed by atoms with Gasteiger partial charge < -0.3 is 24.8 Å². The lowest BCUT2D eigenvalue weighted by Crippen LogP contribution is -2.33. The first-order valence-electron chi connectivity index (χ1n) is 6.53. The first-order chi connectivity index (χ1) is 10.1. The standard InChI is InChI=1S/C14H21BrN2O4.ClH/c1-19-7-6-16-4-5-17-14(18)10-8-11(20-2)13(15)12(9-10)21-3;/h8-9,16H,4-7H2,1-3H3,(H,17,18);1H. The summed E-state index contributed by atoms with van der Waals surface area (Å²) in [6.07, 6.45) is 0. The summed E-state index contributed by atoms with van der Waals surface area (Å²) in [5, 5.41) is 5.98. The highest BCUT2D eigenvalue weighted by Gasteiger charge is 2.14. The van der Waals surface area contributed by atoms with E-state index in [2.05, 4.69) is 26.6 Å². The number of methoxy groups -OCH3 is 3. The van der Waals surface area contributed by atoms with Gasteiger partial charge in [0, 0.05) is 32.3 Å². The zero-order chi connectivity index (χ0) is 15.7. The molecule has 6 nitrogen and oxygen atoms in total. The van der Waals surface area contributed by atoms with Crippen LogP contribution < -0.4 is 20.1 Å². The maximum atomic E-state index is 12.1. The van der Waals surface area contributed by atoms with Gasteiger partial charge in [-0.15, -0.1) is 12.4 Å². The van der Waals surface area contributed by atoms with Crippen LogP contribution in [0.5, 0.6) is 11.5 Å². The van der Waals surface area contributed by atoms with Crippen molar-refractivity contribution in [3.05, 3.63) is 22.2 Å². The van der Waals surface area contributed by atoms with Crippen LogP contribution >= 0.6 is 28.3 Å². The van der Waals surface area contributed by atoms with E-state index in [9.17, 15) is 4.79 Å². The third kappa shape index (κ3) is 6.39. The van der Waals surface area contributed by atoms with Gasteiger partial charge in [-0.25, -0.2) is 0 Å². The van der Waals surface area contributed by atoms with Gasteiger partial charge in [-0.2, -0.15) is 0 Å². The fourth-order valence-corrected chi connectivity index (χ4v) is 2.22. The predicted octanol–water partition coefficient (Wildman–Crippen LogP) is 1.85. The molecule has 0 spiro atoms. The van der Waals surface area contributed by atoms with E-state index in [1.807, 2.05) is 0 Å². The number of ether oxygens (including phenoxy) is 3. The van der Waals surface area contributed by atoms with E-state index in [1.54, 1.807) is 33.5 Å². The molecule has 1 amide bonds. The fourth-order valence-electron chi connectivity index (χ4n) is 1.67. The van der Waals surface area contributed by atoms with Crippen molar-refractivity contribution in [2.24, 2.45) is 0 Å². The van der Waals surface area contributed by atoms with Crippen LogP contribution in [0.3, 0.4) is 0 Å². The lowest BCUT2D eigenvalue weighted by Gasteiger charge is -2.12. The average Bonchev–Trinajstić information content (AvgIpc) is 2.50. The van der Waals surface area contributed by atoms with Crippen LogP contribution in [0.25, 0.3) is 0 Å². The van der Waals surface area contributed by atoms with Crippen molar-refractivity contribution in [1.82, 2.24) is 10.6 Å². The minimum atomic E-state index is -0.173. The molecule has 126 valence electrons. The predicted molar refractivity (Wildman–Crippen MR) is 91.6 cm³/mol. The van der Waals surface area contributed by atoms with Gasteiger partial charge in [0.15, 0.2) is 0 Å². The van der Waals surface area contributed by atoms with Gasteiger partial charge in [0.1, 0.15) is 16.0 Å². The highest BCUT2D eigenvalue weighted by Crippen LogP contribution is 2.35. The Hall–Kier alpha value is -1.02. The van der Waals surface area contributed by atoms with Crippen LogP contribution in [0.1, 0.15) is 10.4 Å². The van der Waals surface area contributed by atoms with Crippen LogP contribution in [-0.4, -0.2) is 53.5 Å². The Morgan fingerprint density at radius 2 is 1.68 bits per heavy atom. The molecule has 0 aliphatic heterocycles. The molecule has 0 radical (unpaired) electrons. The molecule has 0 saturated carbocycles. The van der Waals surface area contributed by atoms with Crippen LogP contribution in [0.4, 0.5) is 0 Å². The van der Waals surface area contributed by atoms with E-state index in [0.717, 1.165) is 6.54 Å². The van der Waals surface area contributed by atoms with E-state index >= 15 is 0 Å². The summed E-state index contributed by atoms with van der Waals surface area (Å²) in [4.78, 5) is 12.1. The largest absolute Gasteiger partial charge is 0.495 e. The number of hydrogen-bond acceptors (Lipinski definition) is 5. The molecule has 1 aromatic rings. The second kappa shape index (κ2) is 11.5. The van der Waals surface area contributed by atoms with E-state index in [4.69, 9.17) is 14.2 Å². The number of halogens is 2. The van der Waals surface area contributed by atoms with Crippen LogP contribution in [0.2, 0.25) is 0 Å². The fraction of sp³-hybridized carbons (Fsp3) is 0.500. The number of carbonyl (C=O) groups is 1. The third-order valence-corrected chi connectivity index (χ3v) is 3.56. The number of rotatable bonds is 9. The molecule has 0 atom stereocenters. The molecule has 22 heavy (non-hydrogen) atoms.